The summed E-state index contributed by atoms with van der Waals surface area (Å²) in [6.45, 7) is 3.70. The molecular formula is C15H13F2NO. The molecular weight excluding hydrogens is 248 g/mol. The molecule has 0 fully saturated rings. The van der Waals surface area contributed by atoms with Crippen molar-refractivity contribution < 1.29 is 13.6 Å². The van der Waals surface area contributed by atoms with Crippen LogP contribution in [0.5, 0.6) is 0 Å². The first-order valence-corrected chi connectivity index (χ1v) is 5.81. The van der Waals surface area contributed by atoms with Crippen molar-refractivity contribution in [2.45, 2.75) is 13.8 Å². The van der Waals surface area contributed by atoms with Gasteiger partial charge in [0.15, 0.2) is 0 Å². The lowest BCUT2D eigenvalue weighted by Crippen LogP contribution is -2.15. The molecule has 0 aliphatic heterocycles. The van der Waals surface area contributed by atoms with E-state index in [4.69, 9.17) is 0 Å². The fourth-order valence-electron chi connectivity index (χ4n) is 1.87. The zero-order chi connectivity index (χ0) is 14.0. The van der Waals surface area contributed by atoms with Gasteiger partial charge in [-0.2, -0.15) is 0 Å². The topological polar surface area (TPSA) is 29.1 Å². The molecule has 0 aliphatic carbocycles. The highest BCUT2D eigenvalue weighted by molar-refractivity contribution is 6.05. The first kappa shape index (κ1) is 13.2. The first-order chi connectivity index (χ1) is 8.99. The van der Waals surface area contributed by atoms with E-state index < -0.39 is 17.5 Å². The lowest BCUT2D eigenvalue weighted by molar-refractivity contribution is 0.102. The van der Waals surface area contributed by atoms with Gasteiger partial charge in [-0.25, -0.2) is 8.78 Å². The molecule has 2 nitrogen and oxygen atoms in total. The first-order valence-electron chi connectivity index (χ1n) is 5.81. The van der Waals surface area contributed by atoms with Crippen LogP contribution in [0.25, 0.3) is 0 Å². The van der Waals surface area contributed by atoms with E-state index in [1.54, 1.807) is 0 Å². The van der Waals surface area contributed by atoms with Gasteiger partial charge in [-0.1, -0.05) is 18.2 Å². The molecule has 0 saturated heterocycles. The summed E-state index contributed by atoms with van der Waals surface area (Å²) < 4.78 is 26.3. The van der Waals surface area contributed by atoms with E-state index in [1.807, 2.05) is 32.0 Å². The number of hydrogen-bond acceptors (Lipinski definition) is 1. The third-order valence-electron chi connectivity index (χ3n) is 2.90. The van der Waals surface area contributed by atoms with E-state index in [1.165, 1.54) is 0 Å². The van der Waals surface area contributed by atoms with Gasteiger partial charge in [0.2, 0.25) is 0 Å². The Morgan fingerprint density at radius 1 is 1.05 bits per heavy atom. The SMILES string of the molecule is Cc1cccc(C)c1NC(=O)c1ccc(F)cc1F. The average Bonchev–Trinajstić information content (AvgIpc) is 2.33. The summed E-state index contributed by atoms with van der Waals surface area (Å²) in [5.41, 5.74) is 2.24. The monoisotopic (exact) mass is 261 g/mol. The number of halogens is 2. The molecule has 0 aromatic heterocycles. The number of anilines is 1. The van der Waals surface area contributed by atoms with Crippen LogP contribution in [-0.2, 0) is 0 Å². The molecule has 0 radical (unpaired) electrons. The number of amides is 1. The van der Waals surface area contributed by atoms with Gasteiger partial charge in [0, 0.05) is 11.8 Å². The molecule has 0 atom stereocenters. The smallest absolute Gasteiger partial charge is 0.258 e. The predicted octanol–water partition coefficient (Wildman–Crippen LogP) is 3.83. The number of aryl methyl sites for hydroxylation is 2. The number of rotatable bonds is 2. The van der Waals surface area contributed by atoms with Crippen molar-refractivity contribution in [1.82, 2.24) is 0 Å². The van der Waals surface area contributed by atoms with Crippen molar-refractivity contribution >= 4 is 11.6 Å². The molecule has 1 amide bonds. The Bertz CT molecular complexity index is 618. The minimum atomic E-state index is -0.872. The third kappa shape index (κ3) is 2.78. The van der Waals surface area contributed by atoms with Gasteiger partial charge >= 0.3 is 0 Å². The standard InChI is InChI=1S/C15H13F2NO/c1-9-4-3-5-10(2)14(9)18-15(19)12-7-6-11(16)8-13(12)17/h3-8H,1-2H3,(H,18,19). The number of carbonyl (C=O) groups excluding carboxylic acids is 1. The largest absolute Gasteiger partial charge is 0.321 e. The van der Waals surface area contributed by atoms with Crippen molar-refractivity contribution in [3.8, 4) is 0 Å². The number of carbonyl (C=O) groups is 1. The Labute approximate surface area is 110 Å². The molecule has 2 aromatic carbocycles. The van der Waals surface area contributed by atoms with E-state index in [9.17, 15) is 13.6 Å². The predicted molar refractivity (Wildman–Crippen MR) is 70.2 cm³/mol. The van der Waals surface area contributed by atoms with Crippen LogP contribution >= 0.6 is 0 Å². The van der Waals surface area contributed by atoms with Gasteiger partial charge in [-0.3, -0.25) is 4.79 Å². The Kier molecular flexibility index (Phi) is 3.60. The summed E-state index contributed by atoms with van der Waals surface area (Å²) in [5, 5.41) is 2.65. The van der Waals surface area contributed by atoms with Crippen LogP contribution in [0.2, 0.25) is 0 Å². The van der Waals surface area contributed by atoms with Crippen LogP contribution in [0.1, 0.15) is 21.5 Å². The summed E-state index contributed by atoms with van der Waals surface area (Å²) in [6.07, 6.45) is 0. The van der Waals surface area contributed by atoms with Crippen LogP contribution in [-0.4, -0.2) is 5.91 Å². The van der Waals surface area contributed by atoms with Crippen LogP contribution < -0.4 is 5.32 Å². The van der Waals surface area contributed by atoms with Crippen LogP contribution in [0, 0.1) is 25.5 Å². The van der Waals surface area contributed by atoms with Crippen LogP contribution in [0.3, 0.4) is 0 Å². The zero-order valence-electron chi connectivity index (χ0n) is 10.6. The number of hydrogen-bond donors (Lipinski definition) is 1. The third-order valence-corrected chi connectivity index (χ3v) is 2.90. The summed E-state index contributed by atoms with van der Waals surface area (Å²) in [5.74, 6) is -2.17. The lowest BCUT2D eigenvalue weighted by atomic mass is 10.1. The van der Waals surface area contributed by atoms with E-state index in [0.29, 0.717) is 11.8 Å². The van der Waals surface area contributed by atoms with Gasteiger partial charge in [0.05, 0.1) is 5.56 Å². The number of para-hydroxylation sites is 1. The van der Waals surface area contributed by atoms with E-state index in [2.05, 4.69) is 5.32 Å². The number of nitrogens with one attached hydrogen (secondary N) is 1. The molecule has 0 heterocycles. The molecule has 4 heteroatoms. The fourth-order valence-corrected chi connectivity index (χ4v) is 1.87. The second-order valence-electron chi connectivity index (χ2n) is 4.35. The summed E-state index contributed by atoms with van der Waals surface area (Å²) in [6, 6.07) is 8.46. The zero-order valence-corrected chi connectivity index (χ0v) is 10.6. The maximum Gasteiger partial charge on any atom is 0.258 e. The minimum Gasteiger partial charge on any atom is -0.321 e. The van der Waals surface area contributed by atoms with Gasteiger partial charge in [0.25, 0.3) is 5.91 Å². The van der Waals surface area contributed by atoms with Gasteiger partial charge in [-0.05, 0) is 37.1 Å². The summed E-state index contributed by atoms with van der Waals surface area (Å²) in [7, 11) is 0. The molecule has 0 aliphatic rings. The Morgan fingerprint density at radius 3 is 2.26 bits per heavy atom. The van der Waals surface area contributed by atoms with Crippen LogP contribution in [0.15, 0.2) is 36.4 Å². The Hall–Kier alpha value is -2.23. The maximum atomic E-state index is 13.5. The minimum absolute atomic E-state index is 0.177. The number of benzene rings is 2. The van der Waals surface area contributed by atoms with Crippen molar-refractivity contribution in [3.63, 3.8) is 0 Å². The highest BCUT2D eigenvalue weighted by Crippen LogP contribution is 2.21. The summed E-state index contributed by atoms with van der Waals surface area (Å²) in [4.78, 5) is 12.0. The van der Waals surface area contributed by atoms with E-state index >= 15 is 0 Å². The summed E-state index contributed by atoms with van der Waals surface area (Å²) >= 11 is 0. The molecule has 19 heavy (non-hydrogen) atoms. The highest BCUT2D eigenvalue weighted by atomic mass is 19.1. The molecule has 0 saturated carbocycles. The second kappa shape index (κ2) is 5.18. The van der Waals surface area contributed by atoms with E-state index in [-0.39, 0.29) is 5.56 Å². The van der Waals surface area contributed by atoms with E-state index in [0.717, 1.165) is 23.3 Å². The lowest BCUT2D eigenvalue weighted by Gasteiger charge is -2.11. The molecule has 0 unspecified atom stereocenters. The molecule has 0 bridgehead atoms. The average molecular weight is 261 g/mol. The molecule has 2 aromatic rings. The Morgan fingerprint density at radius 2 is 1.68 bits per heavy atom. The van der Waals surface area contributed by atoms with Gasteiger partial charge in [-0.15, -0.1) is 0 Å². The molecule has 98 valence electrons. The normalized spacial score (nSPS) is 10.3. The molecule has 2 rings (SSSR count). The van der Waals surface area contributed by atoms with Crippen molar-refractivity contribution in [3.05, 3.63) is 64.7 Å². The van der Waals surface area contributed by atoms with Crippen molar-refractivity contribution in [2.24, 2.45) is 0 Å². The second-order valence-corrected chi connectivity index (χ2v) is 4.35. The quantitative estimate of drug-likeness (QED) is 0.874. The Balaban J connectivity index is 2.31. The highest BCUT2D eigenvalue weighted by Gasteiger charge is 2.14. The van der Waals surface area contributed by atoms with Gasteiger partial charge in [0.1, 0.15) is 11.6 Å². The maximum absolute atomic E-state index is 13.5. The molecule has 0 spiro atoms. The fraction of sp³-hybridized carbons (Fsp3) is 0.133. The van der Waals surface area contributed by atoms with Crippen molar-refractivity contribution in [1.29, 1.82) is 0 Å². The van der Waals surface area contributed by atoms with Crippen molar-refractivity contribution in [2.75, 3.05) is 5.32 Å². The van der Waals surface area contributed by atoms with Crippen LogP contribution in [0.4, 0.5) is 14.5 Å². The molecule has 1 N–H and O–H groups in total. The van der Waals surface area contributed by atoms with Gasteiger partial charge < -0.3 is 5.32 Å².